The van der Waals surface area contributed by atoms with Crippen LogP contribution in [0.2, 0.25) is 0 Å². The van der Waals surface area contributed by atoms with Gasteiger partial charge in [0.05, 0.1) is 22.4 Å². The van der Waals surface area contributed by atoms with Gasteiger partial charge in [-0.3, -0.25) is 4.79 Å². The third-order valence-electron chi connectivity index (χ3n) is 3.26. The third-order valence-corrected chi connectivity index (χ3v) is 5.74. The van der Waals surface area contributed by atoms with Gasteiger partial charge in [-0.1, -0.05) is 0 Å². The summed E-state index contributed by atoms with van der Waals surface area (Å²) in [6.07, 6.45) is 0.339. The zero-order chi connectivity index (χ0) is 14.9. The van der Waals surface area contributed by atoms with E-state index in [0.29, 0.717) is 16.6 Å². The van der Waals surface area contributed by atoms with E-state index in [1.807, 2.05) is 0 Å². The van der Waals surface area contributed by atoms with Gasteiger partial charge in [0.2, 0.25) is 10.0 Å². The highest BCUT2D eigenvalue weighted by Crippen LogP contribution is 2.30. The summed E-state index contributed by atoms with van der Waals surface area (Å²) in [5.41, 5.74) is 0. The summed E-state index contributed by atoms with van der Waals surface area (Å²) in [6, 6.07) is 4.47. The number of methoxy groups -OCH3 is 1. The van der Waals surface area contributed by atoms with Gasteiger partial charge in [-0.25, -0.2) is 8.42 Å². The second-order valence-electron chi connectivity index (χ2n) is 4.48. The Morgan fingerprint density at radius 2 is 2.20 bits per heavy atom. The number of hydrogen-bond acceptors (Lipinski definition) is 4. The number of aliphatic carboxylic acids is 1. The fourth-order valence-corrected chi connectivity index (χ4v) is 4.32. The normalized spacial score (nSPS) is 20.0. The predicted octanol–water partition coefficient (Wildman–Crippen LogP) is 1.55. The minimum atomic E-state index is -3.67. The van der Waals surface area contributed by atoms with E-state index in [1.165, 1.54) is 23.5 Å². The van der Waals surface area contributed by atoms with Crippen LogP contribution in [0.25, 0.3) is 0 Å². The Labute approximate surface area is 125 Å². The van der Waals surface area contributed by atoms with E-state index in [1.54, 1.807) is 6.07 Å². The summed E-state index contributed by atoms with van der Waals surface area (Å²) in [4.78, 5) is 11.0. The van der Waals surface area contributed by atoms with E-state index in [9.17, 15) is 13.2 Å². The summed E-state index contributed by atoms with van der Waals surface area (Å²) in [5.74, 6) is -1.06. The van der Waals surface area contributed by atoms with Crippen molar-refractivity contribution >= 4 is 31.9 Å². The molecular formula is C12H14BrNO5S. The first kappa shape index (κ1) is 15.3. The van der Waals surface area contributed by atoms with Crippen LogP contribution in [0.3, 0.4) is 0 Å². The average Bonchev–Trinajstić information content (AvgIpc) is 2.89. The van der Waals surface area contributed by atoms with Gasteiger partial charge in [0.25, 0.3) is 0 Å². The molecule has 0 aliphatic carbocycles. The standard InChI is InChI=1S/C12H14BrNO5S/c1-19-11-3-2-9(6-10(11)13)20(17,18)14-5-4-8(7-14)12(15)16/h2-3,6,8H,4-5,7H2,1H3,(H,15,16)/t8-/m0/s1. The van der Waals surface area contributed by atoms with Gasteiger partial charge in [0.1, 0.15) is 5.75 Å². The van der Waals surface area contributed by atoms with Gasteiger partial charge < -0.3 is 9.84 Å². The number of benzene rings is 1. The zero-order valence-electron chi connectivity index (χ0n) is 10.7. The Bertz CT molecular complexity index is 631. The van der Waals surface area contributed by atoms with E-state index in [2.05, 4.69) is 15.9 Å². The fourth-order valence-electron chi connectivity index (χ4n) is 2.10. The van der Waals surface area contributed by atoms with Crippen LogP contribution in [0.5, 0.6) is 5.75 Å². The SMILES string of the molecule is COc1ccc(S(=O)(=O)N2CC[C@H](C(=O)O)C2)cc1Br. The maximum absolute atomic E-state index is 12.4. The number of carboxylic acids is 1. The van der Waals surface area contributed by atoms with Gasteiger partial charge in [-0.2, -0.15) is 4.31 Å². The Morgan fingerprint density at radius 1 is 1.50 bits per heavy atom. The number of hydrogen-bond donors (Lipinski definition) is 1. The maximum atomic E-state index is 12.4. The van der Waals surface area contributed by atoms with Gasteiger partial charge >= 0.3 is 5.97 Å². The van der Waals surface area contributed by atoms with Crippen molar-refractivity contribution < 1.29 is 23.1 Å². The number of carbonyl (C=O) groups is 1. The topological polar surface area (TPSA) is 83.9 Å². The highest BCUT2D eigenvalue weighted by molar-refractivity contribution is 9.10. The van der Waals surface area contributed by atoms with Crippen molar-refractivity contribution in [3.63, 3.8) is 0 Å². The largest absolute Gasteiger partial charge is 0.496 e. The molecule has 1 aromatic rings. The second kappa shape index (κ2) is 5.71. The van der Waals surface area contributed by atoms with Gasteiger partial charge in [-0.05, 0) is 40.5 Å². The number of ether oxygens (including phenoxy) is 1. The summed E-state index contributed by atoms with van der Waals surface area (Å²) >= 11 is 3.24. The molecule has 0 amide bonds. The Kier molecular flexibility index (Phi) is 4.36. The molecule has 0 unspecified atom stereocenters. The molecule has 1 aliphatic rings. The molecule has 1 fully saturated rings. The molecule has 110 valence electrons. The van der Waals surface area contributed by atoms with Gasteiger partial charge in [-0.15, -0.1) is 0 Å². The quantitative estimate of drug-likeness (QED) is 0.877. The smallest absolute Gasteiger partial charge is 0.307 e. The first-order valence-corrected chi connectivity index (χ1v) is 8.16. The van der Waals surface area contributed by atoms with Gasteiger partial charge in [0, 0.05) is 13.1 Å². The summed E-state index contributed by atoms with van der Waals surface area (Å²) in [5, 5.41) is 8.93. The predicted molar refractivity (Wildman–Crippen MR) is 75.2 cm³/mol. The molecule has 1 aliphatic heterocycles. The van der Waals surface area contributed by atoms with E-state index < -0.39 is 21.9 Å². The average molecular weight is 364 g/mol. The number of sulfonamides is 1. The van der Waals surface area contributed by atoms with Crippen LogP contribution in [0.15, 0.2) is 27.6 Å². The summed E-state index contributed by atoms with van der Waals surface area (Å²) in [7, 11) is -2.18. The Morgan fingerprint density at radius 3 is 2.70 bits per heavy atom. The van der Waals surface area contributed by atoms with Crippen LogP contribution in [-0.4, -0.2) is 44.0 Å². The van der Waals surface area contributed by atoms with Crippen molar-refractivity contribution in [1.29, 1.82) is 0 Å². The molecule has 1 saturated heterocycles. The summed E-state index contributed by atoms with van der Waals surface area (Å²) in [6.45, 7) is 0.240. The molecule has 0 spiro atoms. The van der Waals surface area contributed by atoms with Crippen molar-refractivity contribution in [2.24, 2.45) is 5.92 Å². The molecular weight excluding hydrogens is 350 g/mol. The van der Waals surface area contributed by atoms with E-state index in [-0.39, 0.29) is 18.0 Å². The number of nitrogens with zero attached hydrogens (tertiary/aromatic N) is 1. The number of halogens is 1. The van der Waals surface area contributed by atoms with Crippen LogP contribution in [0.1, 0.15) is 6.42 Å². The van der Waals surface area contributed by atoms with Crippen molar-refractivity contribution in [2.75, 3.05) is 20.2 Å². The minimum Gasteiger partial charge on any atom is -0.496 e. The zero-order valence-corrected chi connectivity index (χ0v) is 13.1. The van der Waals surface area contributed by atoms with Crippen molar-refractivity contribution in [3.05, 3.63) is 22.7 Å². The highest BCUT2D eigenvalue weighted by Gasteiger charge is 2.35. The molecule has 1 N–H and O–H groups in total. The lowest BCUT2D eigenvalue weighted by Gasteiger charge is -2.16. The number of carboxylic acid groups (broad SMARTS) is 1. The highest BCUT2D eigenvalue weighted by atomic mass is 79.9. The molecule has 1 heterocycles. The lowest BCUT2D eigenvalue weighted by molar-refractivity contribution is -0.141. The molecule has 20 heavy (non-hydrogen) atoms. The lowest BCUT2D eigenvalue weighted by Crippen LogP contribution is -2.30. The van der Waals surface area contributed by atoms with E-state index >= 15 is 0 Å². The maximum Gasteiger partial charge on any atom is 0.307 e. The molecule has 2 rings (SSSR count). The van der Waals surface area contributed by atoms with E-state index in [0.717, 1.165) is 0 Å². The molecule has 1 aromatic carbocycles. The minimum absolute atomic E-state index is 0.0152. The Hall–Kier alpha value is -1.12. The first-order chi connectivity index (χ1) is 9.36. The molecule has 0 radical (unpaired) electrons. The molecule has 0 aromatic heterocycles. The van der Waals surface area contributed by atoms with E-state index in [4.69, 9.17) is 9.84 Å². The third kappa shape index (κ3) is 2.82. The fraction of sp³-hybridized carbons (Fsp3) is 0.417. The number of rotatable bonds is 4. The second-order valence-corrected chi connectivity index (χ2v) is 7.28. The van der Waals surface area contributed by atoms with Crippen molar-refractivity contribution in [2.45, 2.75) is 11.3 Å². The molecule has 0 saturated carbocycles. The first-order valence-electron chi connectivity index (χ1n) is 5.92. The van der Waals surface area contributed by atoms with Crippen LogP contribution in [0.4, 0.5) is 0 Å². The molecule has 1 atom stereocenters. The monoisotopic (exact) mass is 363 g/mol. The Balaban J connectivity index is 2.27. The van der Waals surface area contributed by atoms with Crippen molar-refractivity contribution in [1.82, 2.24) is 4.31 Å². The van der Waals surface area contributed by atoms with Gasteiger partial charge in [0.15, 0.2) is 0 Å². The van der Waals surface area contributed by atoms with Crippen LogP contribution >= 0.6 is 15.9 Å². The summed E-state index contributed by atoms with van der Waals surface area (Å²) < 4.78 is 31.7. The van der Waals surface area contributed by atoms with Crippen LogP contribution < -0.4 is 4.74 Å². The van der Waals surface area contributed by atoms with Crippen molar-refractivity contribution in [3.8, 4) is 5.75 Å². The molecule has 8 heteroatoms. The molecule has 0 bridgehead atoms. The van der Waals surface area contributed by atoms with Crippen LogP contribution in [-0.2, 0) is 14.8 Å². The lowest BCUT2D eigenvalue weighted by atomic mass is 10.1. The molecule has 6 nitrogen and oxygen atoms in total. The van der Waals surface area contributed by atoms with Crippen LogP contribution in [0, 0.1) is 5.92 Å².